The van der Waals surface area contributed by atoms with E-state index >= 15 is 0 Å². The summed E-state index contributed by atoms with van der Waals surface area (Å²) in [5.41, 5.74) is 2.40. The summed E-state index contributed by atoms with van der Waals surface area (Å²) >= 11 is 0. The van der Waals surface area contributed by atoms with Gasteiger partial charge in [0.2, 0.25) is 0 Å². The Morgan fingerprint density at radius 2 is 1.38 bits per heavy atom. The second-order valence-corrected chi connectivity index (χ2v) is 5.08. The molecule has 0 aliphatic carbocycles. The summed E-state index contributed by atoms with van der Waals surface area (Å²) in [5.74, 6) is -0.256. The Kier molecular flexibility index (Phi) is 5.52. The molecule has 1 atom stereocenters. The molecule has 0 fully saturated rings. The van der Waals surface area contributed by atoms with E-state index in [1.165, 1.54) is 18.1 Å². The summed E-state index contributed by atoms with van der Waals surface area (Å²) in [6, 6.07) is 20.4. The van der Waals surface area contributed by atoms with Crippen LogP contribution in [0.15, 0.2) is 60.7 Å². The van der Waals surface area contributed by atoms with E-state index in [2.05, 4.69) is 29.2 Å². The van der Waals surface area contributed by atoms with Gasteiger partial charge in [-0.3, -0.25) is 9.69 Å². The number of hydrogen-bond acceptors (Lipinski definition) is 3. The predicted molar refractivity (Wildman–Crippen MR) is 83.4 cm³/mol. The highest BCUT2D eigenvalue weighted by Gasteiger charge is 2.17. The summed E-state index contributed by atoms with van der Waals surface area (Å²) in [4.78, 5) is 13.4. The van der Waals surface area contributed by atoms with Gasteiger partial charge in [-0.25, -0.2) is 0 Å². The Balaban J connectivity index is 2.11. The minimum Gasteiger partial charge on any atom is -0.447 e. The zero-order valence-corrected chi connectivity index (χ0v) is 12.5. The number of benzene rings is 2. The lowest BCUT2D eigenvalue weighted by Crippen LogP contribution is -2.35. The van der Waals surface area contributed by atoms with E-state index < -0.39 is 0 Å². The van der Waals surface area contributed by atoms with Crippen molar-refractivity contribution in [1.82, 2.24) is 4.90 Å². The summed E-state index contributed by atoms with van der Waals surface area (Å²) in [6.45, 7) is 4.83. The van der Waals surface area contributed by atoms with Crippen LogP contribution in [0.4, 0.5) is 0 Å². The van der Waals surface area contributed by atoms with E-state index in [4.69, 9.17) is 4.74 Å². The van der Waals surface area contributed by atoms with Crippen molar-refractivity contribution >= 4 is 5.97 Å². The number of carbonyl (C=O) groups excluding carboxylic acids is 1. The quantitative estimate of drug-likeness (QED) is 0.599. The third-order valence-electron chi connectivity index (χ3n) is 3.31. The fourth-order valence-electron chi connectivity index (χ4n) is 2.26. The van der Waals surface area contributed by atoms with Gasteiger partial charge >= 0.3 is 5.97 Å². The third kappa shape index (κ3) is 5.04. The van der Waals surface area contributed by atoms with Crippen LogP contribution in [-0.2, 0) is 22.6 Å². The smallest absolute Gasteiger partial charge is 0.304 e. The Hall–Kier alpha value is -2.13. The van der Waals surface area contributed by atoms with Gasteiger partial charge in [0.25, 0.3) is 0 Å². The average molecular weight is 283 g/mol. The van der Waals surface area contributed by atoms with E-state index in [-0.39, 0.29) is 12.2 Å². The number of carbonyl (C=O) groups is 1. The number of esters is 1. The van der Waals surface area contributed by atoms with Crippen molar-refractivity contribution in [3.05, 3.63) is 71.8 Å². The summed E-state index contributed by atoms with van der Waals surface area (Å²) in [5, 5.41) is 0. The largest absolute Gasteiger partial charge is 0.447 e. The lowest BCUT2D eigenvalue weighted by atomic mass is 10.1. The molecule has 0 saturated heterocycles. The molecule has 0 aromatic heterocycles. The lowest BCUT2D eigenvalue weighted by Gasteiger charge is -2.28. The van der Waals surface area contributed by atoms with Crippen molar-refractivity contribution in [2.75, 3.05) is 0 Å². The Bertz CT molecular complexity index is 512. The van der Waals surface area contributed by atoms with Crippen LogP contribution < -0.4 is 0 Å². The topological polar surface area (TPSA) is 29.5 Å². The molecule has 3 nitrogen and oxygen atoms in total. The lowest BCUT2D eigenvalue weighted by molar-refractivity contribution is -0.156. The second-order valence-electron chi connectivity index (χ2n) is 5.08. The van der Waals surface area contributed by atoms with E-state index in [1.54, 1.807) is 0 Å². The molecule has 0 aliphatic rings. The second kappa shape index (κ2) is 7.60. The van der Waals surface area contributed by atoms with Crippen molar-refractivity contribution < 1.29 is 9.53 Å². The molecule has 3 heteroatoms. The van der Waals surface area contributed by atoms with Gasteiger partial charge < -0.3 is 4.74 Å². The highest BCUT2D eigenvalue weighted by molar-refractivity contribution is 5.66. The number of hydrogen-bond donors (Lipinski definition) is 0. The first-order valence-electron chi connectivity index (χ1n) is 7.14. The van der Waals surface area contributed by atoms with E-state index in [9.17, 15) is 4.79 Å². The van der Waals surface area contributed by atoms with Crippen LogP contribution in [0.5, 0.6) is 0 Å². The zero-order chi connectivity index (χ0) is 15.1. The molecule has 0 aliphatic heterocycles. The van der Waals surface area contributed by atoms with Crippen molar-refractivity contribution in [3.8, 4) is 0 Å². The van der Waals surface area contributed by atoms with Gasteiger partial charge in [0, 0.05) is 20.0 Å². The SMILES string of the molecule is CC(=O)OC(C)N(Cc1ccccc1)Cc1ccccc1. The maximum Gasteiger partial charge on any atom is 0.304 e. The van der Waals surface area contributed by atoms with Crippen LogP contribution >= 0.6 is 0 Å². The van der Waals surface area contributed by atoms with Gasteiger partial charge in [-0.15, -0.1) is 0 Å². The molecule has 2 aromatic carbocycles. The van der Waals surface area contributed by atoms with Crippen LogP contribution in [0.25, 0.3) is 0 Å². The molecule has 0 heterocycles. The molecule has 2 rings (SSSR count). The van der Waals surface area contributed by atoms with Crippen LogP contribution in [0.2, 0.25) is 0 Å². The Labute approximate surface area is 126 Å². The molecule has 110 valence electrons. The molecule has 1 unspecified atom stereocenters. The summed E-state index contributed by atoms with van der Waals surface area (Å²) in [7, 11) is 0. The number of nitrogens with zero attached hydrogens (tertiary/aromatic N) is 1. The molecular weight excluding hydrogens is 262 g/mol. The normalized spacial score (nSPS) is 12.1. The first-order chi connectivity index (χ1) is 10.1. The minimum atomic E-state index is -0.261. The number of rotatable bonds is 6. The van der Waals surface area contributed by atoms with Crippen molar-refractivity contribution in [2.24, 2.45) is 0 Å². The summed E-state index contributed by atoms with van der Waals surface area (Å²) < 4.78 is 5.34. The fraction of sp³-hybridized carbons (Fsp3) is 0.278. The van der Waals surface area contributed by atoms with Gasteiger partial charge in [0.15, 0.2) is 6.23 Å². The van der Waals surface area contributed by atoms with Gasteiger partial charge in [-0.05, 0) is 18.1 Å². The van der Waals surface area contributed by atoms with Crippen LogP contribution in [-0.4, -0.2) is 17.1 Å². The molecule has 0 radical (unpaired) electrons. The van der Waals surface area contributed by atoms with Crippen molar-refractivity contribution in [3.63, 3.8) is 0 Å². The first-order valence-corrected chi connectivity index (χ1v) is 7.14. The fourth-order valence-corrected chi connectivity index (χ4v) is 2.26. The Morgan fingerprint density at radius 1 is 0.952 bits per heavy atom. The third-order valence-corrected chi connectivity index (χ3v) is 3.31. The van der Waals surface area contributed by atoms with E-state index in [0.717, 1.165) is 13.1 Å². The zero-order valence-electron chi connectivity index (χ0n) is 12.5. The molecular formula is C18H21NO2. The van der Waals surface area contributed by atoms with Gasteiger partial charge in [-0.1, -0.05) is 60.7 Å². The molecule has 21 heavy (non-hydrogen) atoms. The van der Waals surface area contributed by atoms with Crippen molar-refractivity contribution in [2.45, 2.75) is 33.2 Å². The molecule has 0 amide bonds. The average Bonchev–Trinajstić information content (AvgIpc) is 2.48. The van der Waals surface area contributed by atoms with Crippen LogP contribution in [0.1, 0.15) is 25.0 Å². The van der Waals surface area contributed by atoms with Gasteiger partial charge in [-0.2, -0.15) is 0 Å². The predicted octanol–water partition coefficient (Wildman–Crippen LogP) is 3.60. The maximum atomic E-state index is 11.2. The molecule has 2 aromatic rings. The monoisotopic (exact) mass is 283 g/mol. The molecule has 0 spiro atoms. The standard InChI is InChI=1S/C18H21NO2/c1-15(21-16(2)20)19(13-17-9-5-3-6-10-17)14-18-11-7-4-8-12-18/h3-12,15H,13-14H2,1-2H3. The van der Waals surface area contributed by atoms with Crippen LogP contribution in [0.3, 0.4) is 0 Å². The molecule has 0 saturated carbocycles. The van der Waals surface area contributed by atoms with Gasteiger partial charge in [0.1, 0.15) is 0 Å². The Morgan fingerprint density at radius 3 is 1.76 bits per heavy atom. The van der Waals surface area contributed by atoms with Crippen LogP contribution in [0, 0.1) is 0 Å². The molecule has 0 N–H and O–H groups in total. The van der Waals surface area contributed by atoms with E-state index in [0.29, 0.717) is 0 Å². The molecule has 0 bridgehead atoms. The maximum absolute atomic E-state index is 11.2. The first kappa shape index (κ1) is 15.3. The highest BCUT2D eigenvalue weighted by atomic mass is 16.6. The summed E-state index contributed by atoms with van der Waals surface area (Å²) in [6.07, 6.45) is -0.261. The number of ether oxygens (including phenoxy) is 1. The van der Waals surface area contributed by atoms with Crippen molar-refractivity contribution in [1.29, 1.82) is 0 Å². The van der Waals surface area contributed by atoms with Gasteiger partial charge in [0.05, 0.1) is 0 Å². The van der Waals surface area contributed by atoms with E-state index in [1.807, 2.05) is 43.3 Å². The minimum absolute atomic E-state index is 0.256. The highest BCUT2D eigenvalue weighted by Crippen LogP contribution is 2.14.